The lowest BCUT2D eigenvalue weighted by atomic mass is 10.0. The molecule has 1 aromatic rings. The first-order valence-electron chi connectivity index (χ1n) is 7.78. The van der Waals surface area contributed by atoms with Crippen LogP contribution in [0.15, 0.2) is 30.3 Å². The number of ether oxygens (including phenoxy) is 1. The van der Waals surface area contributed by atoms with Crippen LogP contribution in [0.2, 0.25) is 0 Å². The molecule has 0 saturated heterocycles. The molecular weight excluding hydrogens is 234 g/mol. The zero-order valence-corrected chi connectivity index (χ0v) is 12.5. The largest absolute Gasteiger partial charge is 0.494 e. The lowest BCUT2D eigenvalue weighted by Gasteiger charge is -2.17. The summed E-state index contributed by atoms with van der Waals surface area (Å²) in [5.74, 6) is 0.983. The fourth-order valence-corrected chi connectivity index (χ4v) is 2.24. The monoisotopic (exact) mass is 263 g/mol. The van der Waals surface area contributed by atoms with Crippen molar-refractivity contribution in [3.63, 3.8) is 0 Å². The minimum absolute atomic E-state index is 0.696. The van der Waals surface area contributed by atoms with E-state index < -0.39 is 0 Å². The molecule has 2 heteroatoms. The van der Waals surface area contributed by atoms with Crippen molar-refractivity contribution in [2.24, 2.45) is 0 Å². The predicted molar refractivity (Wildman–Crippen MR) is 82.8 cm³/mol. The molecule has 0 amide bonds. The first-order valence-corrected chi connectivity index (χ1v) is 7.78. The summed E-state index contributed by atoms with van der Waals surface area (Å²) in [6.07, 6.45) is 7.43. The Balaban J connectivity index is 2.07. The first-order chi connectivity index (χ1) is 9.36. The Hall–Kier alpha value is -1.02. The Kier molecular flexibility index (Phi) is 9.17. The molecule has 0 fully saturated rings. The van der Waals surface area contributed by atoms with Crippen molar-refractivity contribution in [1.82, 2.24) is 5.32 Å². The molecule has 0 bridgehead atoms. The van der Waals surface area contributed by atoms with Gasteiger partial charge < -0.3 is 10.1 Å². The average molecular weight is 263 g/mol. The highest BCUT2D eigenvalue weighted by atomic mass is 16.5. The Morgan fingerprint density at radius 3 is 2.47 bits per heavy atom. The molecular formula is C17H29NO. The summed E-state index contributed by atoms with van der Waals surface area (Å²) in [5.41, 5.74) is 0. The molecule has 0 aliphatic rings. The van der Waals surface area contributed by atoms with E-state index in [2.05, 4.69) is 19.2 Å². The molecule has 2 nitrogen and oxygen atoms in total. The minimum Gasteiger partial charge on any atom is -0.494 e. The van der Waals surface area contributed by atoms with Crippen LogP contribution in [-0.4, -0.2) is 19.2 Å². The second kappa shape index (κ2) is 10.9. The Labute approximate surface area is 118 Å². The summed E-state index contributed by atoms with van der Waals surface area (Å²) in [5, 5.41) is 3.64. The van der Waals surface area contributed by atoms with Gasteiger partial charge in [-0.2, -0.15) is 0 Å². The SMILES string of the molecule is CCCNC(CCC)CCCCOc1ccccc1. The Bertz CT molecular complexity index is 299. The fraction of sp³-hybridized carbons (Fsp3) is 0.647. The highest BCUT2D eigenvalue weighted by Crippen LogP contribution is 2.11. The van der Waals surface area contributed by atoms with Gasteiger partial charge in [-0.15, -0.1) is 0 Å². The molecule has 19 heavy (non-hydrogen) atoms. The zero-order chi connectivity index (χ0) is 13.8. The van der Waals surface area contributed by atoms with E-state index in [1.54, 1.807) is 0 Å². The van der Waals surface area contributed by atoms with Crippen LogP contribution in [0.1, 0.15) is 52.4 Å². The van der Waals surface area contributed by atoms with Gasteiger partial charge in [-0.25, -0.2) is 0 Å². The standard InChI is InChI=1S/C17H29NO/c1-3-10-16(18-14-4-2)11-8-9-15-19-17-12-6-5-7-13-17/h5-7,12-13,16,18H,3-4,8-11,14-15H2,1-2H3. The molecule has 0 heterocycles. The number of para-hydroxylation sites is 1. The van der Waals surface area contributed by atoms with Gasteiger partial charge in [-0.1, -0.05) is 38.5 Å². The lowest BCUT2D eigenvalue weighted by Crippen LogP contribution is -2.29. The lowest BCUT2D eigenvalue weighted by molar-refractivity contribution is 0.299. The molecule has 1 aromatic carbocycles. The van der Waals surface area contributed by atoms with Crippen molar-refractivity contribution in [1.29, 1.82) is 0 Å². The van der Waals surface area contributed by atoms with E-state index in [-0.39, 0.29) is 0 Å². The van der Waals surface area contributed by atoms with Crippen molar-refractivity contribution in [2.75, 3.05) is 13.2 Å². The molecule has 1 atom stereocenters. The molecule has 108 valence electrons. The molecule has 0 aliphatic carbocycles. The van der Waals surface area contributed by atoms with Crippen LogP contribution in [0, 0.1) is 0 Å². The topological polar surface area (TPSA) is 21.3 Å². The number of benzene rings is 1. The smallest absolute Gasteiger partial charge is 0.119 e. The van der Waals surface area contributed by atoms with E-state index in [1.807, 2.05) is 30.3 Å². The van der Waals surface area contributed by atoms with Crippen LogP contribution in [0.25, 0.3) is 0 Å². The van der Waals surface area contributed by atoms with Crippen molar-refractivity contribution in [2.45, 2.75) is 58.4 Å². The molecule has 1 N–H and O–H groups in total. The fourth-order valence-electron chi connectivity index (χ4n) is 2.24. The van der Waals surface area contributed by atoms with Gasteiger partial charge in [-0.05, 0) is 50.8 Å². The molecule has 0 aromatic heterocycles. The van der Waals surface area contributed by atoms with Crippen molar-refractivity contribution in [3.8, 4) is 5.75 Å². The van der Waals surface area contributed by atoms with Crippen LogP contribution in [0.4, 0.5) is 0 Å². The van der Waals surface area contributed by atoms with E-state index in [4.69, 9.17) is 4.74 Å². The van der Waals surface area contributed by atoms with Gasteiger partial charge in [0, 0.05) is 6.04 Å². The number of rotatable bonds is 11. The molecule has 1 unspecified atom stereocenters. The molecule has 0 radical (unpaired) electrons. The van der Waals surface area contributed by atoms with Gasteiger partial charge in [0.1, 0.15) is 5.75 Å². The van der Waals surface area contributed by atoms with Crippen LogP contribution in [-0.2, 0) is 0 Å². The highest BCUT2D eigenvalue weighted by Gasteiger charge is 2.05. The summed E-state index contributed by atoms with van der Waals surface area (Å²) in [4.78, 5) is 0. The third-order valence-corrected chi connectivity index (χ3v) is 3.28. The summed E-state index contributed by atoms with van der Waals surface area (Å²) in [6, 6.07) is 10.8. The van der Waals surface area contributed by atoms with Gasteiger partial charge in [0.25, 0.3) is 0 Å². The van der Waals surface area contributed by atoms with Crippen molar-refractivity contribution in [3.05, 3.63) is 30.3 Å². The number of nitrogens with one attached hydrogen (secondary N) is 1. The first kappa shape index (κ1) is 16.0. The van der Waals surface area contributed by atoms with Gasteiger partial charge in [0.2, 0.25) is 0 Å². The van der Waals surface area contributed by atoms with E-state index in [0.29, 0.717) is 6.04 Å². The summed E-state index contributed by atoms with van der Waals surface area (Å²) in [7, 11) is 0. The average Bonchev–Trinajstić information content (AvgIpc) is 2.45. The number of hydrogen-bond donors (Lipinski definition) is 1. The number of unbranched alkanes of at least 4 members (excludes halogenated alkanes) is 1. The highest BCUT2D eigenvalue weighted by molar-refractivity contribution is 5.20. The summed E-state index contributed by atoms with van der Waals surface area (Å²) < 4.78 is 5.71. The molecule has 0 aliphatic heterocycles. The molecule has 1 rings (SSSR count). The van der Waals surface area contributed by atoms with E-state index in [9.17, 15) is 0 Å². The van der Waals surface area contributed by atoms with E-state index >= 15 is 0 Å². The normalized spacial score (nSPS) is 12.3. The molecule has 0 spiro atoms. The van der Waals surface area contributed by atoms with Gasteiger partial charge in [0.05, 0.1) is 6.61 Å². The van der Waals surface area contributed by atoms with Crippen molar-refractivity contribution < 1.29 is 4.74 Å². The second-order valence-electron chi connectivity index (χ2n) is 5.10. The van der Waals surface area contributed by atoms with Gasteiger partial charge in [0.15, 0.2) is 0 Å². The predicted octanol–water partition coefficient (Wildman–Crippen LogP) is 4.40. The second-order valence-corrected chi connectivity index (χ2v) is 5.10. The third kappa shape index (κ3) is 7.89. The van der Waals surface area contributed by atoms with Gasteiger partial charge >= 0.3 is 0 Å². The van der Waals surface area contributed by atoms with Crippen LogP contribution in [0.5, 0.6) is 5.75 Å². The van der Waals surface area contributed by atoms with Crippen LogP contribution in [0.3, 0.4) is 0 Å². The van der Waals surface area contributed by atoms with Crippen LogP contribution < -0.4 is 10.1 Å². The van der Waals surface area contributed by atoms with Crippen molar-refractivity contribution >= 4 is 0 Å². The zero-order valence-electron chi connectivity index (χ0n) is 12.5. The molecule has 0 saturated carbocycles. The summed E-state index contributed by atoms with van der Waals surface area (Å²) in [6.45, 7) is 6.46. The quantitative estimate of drug-likeness (QED) is 0.597. The van der Waals surface area contributed by atoms with Crippen LogP contribution >= 0.6 is 0 Å². The summed E-state index contributed by atoms with van der Waals surface area (Å²) >= 11 is 0. The Morgan fingerprint density at radius 2 is 1.79 bits per heavy atom. The van der Waals surface area contributed by atoms with E-state index in [0.717, 1.165) is 25.3 Å². The maximum atomic E-state index is 5.71. The van der Waals surface area contributed by atoms with E-state index in [1.165, 1.54) is 32.1 Å². The Morgan fingerprint density at radius 1 is 1.00 bits per heavy atom. The number of hydrogen-bond acceptors (Lipinski definition) is 2. The third-order valence-electron chi connectivity index (χ3n) is 3.28. The maximum Gasteiger partial charge on any atom is 0.119 e. The van der Waals surface area contributed by atoms with Gasteiger partial charge in [-0.3, -0.25) is 0 Å². The maximum absolute atomic E-state index is 5.71. The minimum atomic E-state index is 0.696.